The summed E-state index contributed by atoms with van der Waals surface area (Å²) in [5.74, 6) is 0.615. The highest BCUT2D eigenvalue weighted by atomic mass is 35.5. The van der Waals surface area contributed by atoms with E-state index < -0.39 is 6.29 Å². The molecule has 2 rings (SSSR count). The highest BCUT2D eigenvalue weighted by Crippen LogP contribution is 2.27. The maximum atomic E-state index is 6.13. The summed E-state index contributed by atoms with van der Waals surface area (Å²) in [5, 5.41) is 13.5. The summed E-state index contributed by atoms with van der Waals surface area (Å²) in [4.78, 5) is 0. The molecule has 0 aliphatic heterocycles. The van der Waals surface area contributed by atoms with Crippen molar-refractivity contribution in [2.75, 3.05) is 14.2 Å². The molecule has 6 nitrogen and oxygen atoms in total. The maximum absolute atomic E-state index is 6.13. The van der Waals surface area contributed by atoms with E-state index in [1.807, 2.05) is 6.07 Å². The molecule has 1 aromatic heterocycles. The molecule has 0 amide bonds. The lowest BCUT2D eigenvalue weighted by Gasteiger charge is -2.13. The van der Waals surface area contributed by atoms with Gasteiger partial charge in [-0.1, -0.05) is 35.0 Å². The van der Waals surface area contributed by atoms with Crippen LogP contribution >= 0.6 is 35.0 Å². The van der Waals surface area contributed by atoms with Crippen LogP contribution in [0, 0.1) is 0 Å². The first kappa shape index (κ1) is 16.5. The number of hydrogen-bond acceptors (Lipinski definition) is 6. The SMILES string of the molecule is COC(Cn1nnnc1SCc1cc(Cl)ccc1Cl)OC. The zero-order valence-electron chi connectivity index (χ0n) is 11.5. The molecule has 0 saturated carbocycles. The molecule has 21 heavy (non-hydrogen) atoms. The molecule has 0 bridgehead atoms. The number of benzene rings is 1. The van der Waals surface area contributed by atoms with Crippen LogP contribution in [-0.2, 0) is 21.8 Å². The average molecular weight is 349 g/mol. The highest BCUT2D eigenvalue weighted by Gasteiger charge is 2.13. The lowest BCUT2D eigenvalue weighted by Crippen LogP contribution is -2.21. The predicted molar refractivity (Wildman–Crippen MR) is 81.6 cm³/mol. The number of rotatable bonds is 7. The van der Waals surface area contributed by atoms with Crippen LogP contribution in [0.25, 0.3) is 0 Å². The van der Waals surface area contributed by atoms with Crippen molar-refractivity contribution in [3.63, 3.8) is 0 Å². The van der Waals surface area contributed by atoms with Crippen molar-refractivity contribution in [2.24, 2.45) is 0 Å². The van der Waals surface area contributed by atoms with Crippen LogP contribution in [0.1, 0.15) is 5.56 Å². The van der Waals surface area contributed by atoms with Crippen LogP contribution in [0.2, 0.25) is 10.0 Å². The van der Waals surface area contributed by atoms with Crippen LogP contribution in [0.4, 0.5) is 0 Å². The number of ether oxygens (including phenoxy) is 2. The van der Waals surface area contributed by atoms with E-state index in [4.69, 9.17) is 32.7 Å². The Labute approximate surface area is 136 Å². The normalized spacial score (nSPS) is 11.3. The second-order valence-electron chi connectivity index (χ2n) is 4.07. The van der Waals surface area contributed by atoms with Gasteiger partial charge in [-0.15, -0.1) is 5.10 Å². The lowest BCUT2D eigenvalue weighted by molar-refractivity contribution is -0.113. The minimum absolute atomic E-state index is 0.400. The van der Waals surface area contributed by atoms with Crippen LogP contribution in [0.3, 0.4) is 0 Å². The Bertz CT molecular complexity index is 592. The summed E-state index contributed by atoms with van der Waals surface area (Å²) in [7, 11) is 3.13. The van der Waals surface area contributed by atoms with Crippen molar-refractivity contribution >= 4 is 35.0 Å². The number of methoxy groups -OCH3 is 2. The molecule has 0 atom stereocenters. The van der Waals surface area contributed by atoms with E-state index in [-0.39, 0.29) is 0 Å². The van der Waals surface area contributed by atoms with Gasteiger partial charge in [0.1, 0.15) is 0 Å². The van der Waals surface area contributed by atoms with E-state index in [1.54, 1.807) is 31.0 Å². The fourth-order valence-electron chi connectivity index (χ4n) is 1.60. The van der Waals surface area contributed by atoms with Crippen LogP contribution in [0.5, 0.6) is 0 Å². The molecular weight excluding hydrogens is 335 g/mol. The van der Waals surface area contributed by atoms with E-state index in [0.717, 1.165) is 5.56 Å². The molecular formula is C12H14Cl2N4O2S. The van der Waals surface area contributed by atoms with Gasteiger partial charge in [-0.2, -0.15) is 0 Å². The summed E-state index contributed by atoms with van der Waals surface area (Å²) in [6.07, 6.45) is -0.400. The van der Waals surface area contributed by atoms with Gasteiger partial charge < -0.3 is 9.47 Å². The Morgan fingerprint density at radius 3 is 2.76 bits per heavy atom. The standard InChI is InChI=1S/C12H14Cl2N4O2S/c1-19-11(20-2)6-18-12(15-16-17-18)21-7-8-5-9(13)3-4-10(8)14/h3-5,11H,6-7H2,1-2H3. The van der Waals surface area contributed by atoms with Gasteiger partial charge in [-0.05, 0) is 34.2 Å². The first-order chi connectivity index (χ1) is 10.1. The van der Waals surface area contributed by atoms with E-state index in [0.29, 0.717) is 27.5 Å². The topological polar surface area (TPSA) is 62.1 Å². The van der Waals surface area contributed by atoms with Gasteiger partial charge >= 0.3 is 0 Å². The van der Waals surface area contributed by atoms with Gasteiger partial charge in [-0.3, -0.25) is 0 Å². The fourth-order valence-corrected chi connectivity index (χ4v) is 2.93. The zero-order valence-corrected chi connectivity index (χ0v) is 13.8. The Kier molecular flexibility index (Phi) is 6.25. The third kappa shape index (κ3) is 4.55. The van der Waals surface area contributed by atoms with Crippen molar-refractivity contribution in [3.05, 3.63) is 33.8 Å². The van der Waals surface area contributed by atoms with Crippen molar-refractivity contribution in [1.82, 2.24) is 20.2 Å². The molecule has 0 spiro atoms. The summed E-state index contributed by atoms with van der Waals surface area (Å²) >= 11 is 13.6. The second kappa shape index (κ2) is 7.95. The summed E-state index contributed by atoms with van der Waals surface area (Å²) in [6.45, 7) is 0.408. The lowest BCUT2D eigenvalue weighted by atomic mass is 10.2. The zero-order chi connectivity index (χ0) is 15.2. The number of halogens is 2. The first-order valence-corrected chi connectivity index (χ1v) is 7.76. The molecule has 2 aromatic rings. The summed E-state index contributed by atoms with van der Waals surface area (Å²) in [5.41, 5.74) is 0.929. The van der Waals surface area contributed by atoms with Crippen molar-refractivity contribution in [3.8, 4) is 0 Å². The van der Waals surface area contributed by atoms with Gasteiger partial charge in [0.2, 0.25) is 5.16 Å². The maximum Gasteiger partial charge on any atom is 0.209 e. The molecule has 9 heteroatoms. The minimum Gasteiger partial charge on any atom is -0.354 e. The molecule has 1 aromatic carbocycles. The predicted octanol–water partition coefficient (Wildman–Crippen LogP) is 2.89. The molecule has 0 fully saturated rings. The van der Waals surface area contributed by atoms with Gasteiger partial charge in [-0.25, -0.2) is 4.68 Å². The van der Waals surface area contributed by atoms with Gasteiger partial charge in [0, 0.05) is 30.0 Å². The number of thioether (sulfide) groups is 1. The Hall–Kier alpha value is -0.860. The van der Waals surface area contributed by atoms with Gasteiger partial charge in [0.05, 0.1) is 6.54 Å². The number of hydrogen-bond donors (Lipinski definition) is 0. The van der Waals surface area contributed by atoms with Crippen LogP contribution in [-0.4, -0.2) is 40.7 Å². The van der Waals surface area contributed by atoms with E-state index in [1.165, 1.54) is 11.8 Å². The Balaban J connectivity index is 2.04. The molecule has 0 aliphatic rings. The molecule has 114 valence electrons. The largest absolute Gasteiger partial charge is 0.354 e. The molecule has 0 aliphatic carbocycles. The molecule has 0 saturated heterocycles. The Morgan fingerprint density at radius 1 is 1.29 bits per heavy atom. The molecule has 0 N–H and O–H groups in total. The molecule has 0 radical (unpaired) electrons. The molecule has 0 unspecified atom stereocenters. The van der Waals surface area contributed by atoms with Crippen LogP contribution in [0.15, 0.2) is 23.4 Å². The van der Waals surface area contributed by atoms with Crippen molar-refractivity contribution in [2.45, 2.75) is 23.7 Å². The van der Waals surface area contributed by atoms with E-state index in [2.05, 4.69) is 15.5 Å². The third-order valence-corrected chi connectivity index (χ3v) is 4.32. The first-order valence-electron chi connectivity index (χ1n) is 6.02. The average Bonchev–Trinajstić information content (AvgIpc) is 2.93. The van der Waals surface area contributed by atoms with E-state index >= 15 is 0 Å². The smallest absolute Gasteiger partial charge is 0.209 e. The summed E-state index contributed by atoms with van der Waals surface area (Å²) in [6, 6.07) is 5.36. The van der Waals surface area contributed by atoms with Crippen LogP contribution < -0.4 is 0 Å². The van der Waals surface area contributed by atoms with Crippen molar-refractivity contribution < 1.29 is 9.47 Å². The minimum atomic E-state index is -0.400. The number of nitrogens with zero attached hydrogens (tertiary/aromatic N) is 4. The van der Waals surface area contributed by atoms with E-state index in [9.17, 15) is 0 Å². The third-order valence-electron chi connectivity index (χ3n) is 2.71. The van der Waals surface area contributed by atoms with Crippen molar-refractivity contribution in [1.29, 1.82) is 0 Å². The Morgan fingerprint density at radius 2 is 2.05 bits per heavy atom. The highest BCUT2D eigenvalue weighted by molar-refractivity contribution is 7.98. The van der Waals surface area contributed by atoms with Gasteiger partial charge in [0.25, 0.3) is 0 Å². The molecule has 1 heterocycles. The quantitative estimate of drug-likeness (QED) is 0.566. The fraction of sp³-hybridized carbons (Fsp3) is 0.417. The van der Waals surface area contributed by atoms with Gasteiger partial charge in [0.15, 0.2) is 6.29 Å². The number of aromatic nitrogens is 4. The second-order valence-corrected chi connectivity index (χ2v) is 5.86. The monoisotopic (exact) mass is 348 g/mol. The number of tetrazole rings is 1. The summed E-state index contributed by atoms with van der Waals surface area (Å²) < 4.78 is 11.9.